The second-order valence-corrected chi connectivity index (χ2v) is 4.37. The van der Waals surface area contributed by atoms with Gasteiger partial charge in [-0.05, 0) is 30.7 Å². The van der Waals surface area contributed by atoms with Gasteiger partial charge in [-0.25, -0.2) is 14.2 Å². The number of benzene rings is 1. The van der Waals surface area contributed by atoms with E-state index in [-0.39, 0.29) is 18.0 Å². The molecule has 0 amide bonds. The van der Waals surface area contributed by atoms with Crippen LogP contribution >= 0.6 is 0 Å². The Labute approximate surface area is 121 Å². The molecular weight excluding hydrogens is 273 g/mol. The second kappa shape index (κ2) is 6.69. The summed E-state index contributed by atoms with van der Waals surface area (Å²) in [5, 5.41) is 2.99. The Balaban J connectivity index is 2.17. The molecule has 0 saturated heterocycles. The molecule has 0 aliphatic heterocycles. The maximum atomic E-state index is 13.1. The average molecular weight is 289 g/mol. The third-order valence-electron chi connectivity index (χ3n) is 2.75. The van der Waals surface area contributed by atoms with Crippen molar-refractivity contribution in [3.63, 3.8) is 0 Å². The van der Waals surface area contributed by atoms with Crippen LogP contribution in [0.5, 0.6) is 0 Å². The van der Waals surface area contributed by atoms with Crippen molar-refractivity contribution in [2.45, 2.75) is 13.5 Å². The summed E-state index contributed by atoms with van der Waals surface area (Å²) in [5.74, 6) is -0.462. The Morgan fingerprint density at radius 1 is 1.43 bits per heavy atom. The Hall–Kier alpha value is -2.63. The lowest BCUT2D eigenvalue weighted by atomic mass is 10.2. The zero-order valence-electron chi connectivity index (χ0n) is 11.6. The number of nitrogens with zero attached hydrogens (tertiary/aromatic N) is 1. The highest BCUT2D eigenvalue weighted by Gasteiger charge is 2.14. The number of hydrogen-bond acceptors (Lipinski definition) is 5. The van der Waals surface area contributed by atoms with Crippen molar-refractivity contribution in [2.75, 3.05) is 17.7 Å². The minimum absolute atomic E-state index is 0.258. The van der Waals surface area contributed by atoms with Crippen LogP contribution in [0, 0.1) is 5.82 Å². The van der Waals surface area contributed by atoms with Crippen molar-refractivity contribution in [2.24, 2.45) is 0 Å². The standard InChI is InChI=1S/C15H16FN3O2/c1-2-21-15(20)13-7-12(17)9-19-14(13)18-8-10-4-3-5-11(16)6-10/h3-7,9H,2,8,17H2,1H3,(H,18,19). The van der Waals surface area contributed by atoms with Gasteiger partial charge >= 0.3 is 5.97 Å². The molecule has 2 aromatic rings. The topological polar surface area (TPSA) is 77.2 Å². The largest absolute Gasteiger partial charge is 0.462 e. The molecule has 0 bridgehead atoms. The summed E-state index contributed by atoms with van der Waals surface area (Å²) in [6, 6.07) is 7.68. The number of nitrogens with two attached hydrogens (primary N) is 1. The molecule has 1 heterocycles. The van der Waals surface area contributed by atoms with Gasteiger partial charge in [-0.3, -0.25) is 0 Å². The van der Waals surface area contributed by atoms with Crippen LogP contribution < -0.4 is 11.1 Å². The van der Waals surface area contributed by atoms with Gasteiger partial charge in [0.1, 0.15) is 17.2 Å². The molecule has 0 unspecified atom stereocenters. The van der Waals surface area contributed by atoms with Crippen LogP contribution in [0.25, 0.3) is 0 Å². The minimum Gasteiger partial charge on any atom is -0.462 e. The number of nitrogen functional groups attached to an aromatic ring is 1. The molecule has 2 rings (SSSR count). The van der Waals surface area contributed by atoms with Gasteiger partial charge in [-0.15, -0.1) is 0 Å². The van der Waals surface area contributed by atoms with E-state index >= 15 is 0 Å². The second-order valence-electron chi connectivity index (χ2n) is 4.37. The molecule has 0 spiro atoms. The summed E-state index contributed by atoms with van der Waals surface area (Å²) < 4.78 is 18.1. The van der Waals surface area contributed by atoms with Crippen molar-refractivity contribution >= 4 is 17.5 Å². The van der Waals surface area contributed by atoms with E-state index in [1.54, 1.807) is 19.1 Å². The first-order valence-corrected chi connectivity index (χ1v) is 6.51. The summed E-state index contributed by atoms with van der Waals surface area (Å²) >= 11 is 0. The Morgan fingerprint density at radius 3 is 2.95 bits per heavy atom. The number of hydrogen-bond donors (Lipinski definition) is 2. The van der Waals surface area contributed by atoms with Crippen molar-refractivity contribution in [1.29, 1.82) is 0 Å². The third-order valence-corrected chi connectivity index (χ3v) is 2.75. The number of carbonyl (C=O) groups is 1. The first kappa shape index (κ1) is 14.8. The number of ether oxygens (including phenoxy) is 1. The van der Waals surface area contributed by atoms with Crippen molar-refractivity contribution in [3.8, 4) is 0 Å². The zero-order chi connectivity index (χ0) is 15.2. The van der Waals surface area contributed by atoms with Crippen molar-refractivity contribution < 1.29 is 13.9 Å². The number of pyridine rings is 1. The van der Waals surface area contributed by atoms with E-state index < -0.39 is 5.97 Å². The molecule has 110 valence electrons. The molecule has 0 saturated carbocycles. The molecular formula is C15H16FN3O2. The van der Waals surface area contributed by atoms with E-state index in [1.807, 2.05) is 0 Å². The van der Waals surface area contributed by atoms with Crippen LogP contribution in [0.1, 0.15) is 22.8 Å². The van der Waals surface area contributed by atoms with Gasteiger partial charge in [-0.2, -0.15) is 0 Å². The van der Waals surface area contributed by atoms with E-state index in [9.17, 15) is 9.18 Å². The monoisotopic (exact) mass is 289 g/mol. The SMILES string of the molecule is CCOC(=O)c1cc(N)cnc1NCc1cccc(F)c1. The van der Waals surface area contributed by atoms with Crippen molar-refractivity contribution in [1.82, 2.24) is 4.98 Å². The van der Waals surface area contributed by atoms with E-state index in [0.29, 0.717) is 18.1 Å². The maximum Gasteiger partial charge on any atom is 0.341 e. The van der Waals surface area contributed by atoms with E-state index in [1.165, 1.54) is 24.4 Å². The third kappa shape index (κ3) is 3.92. The molecule has 6 heteroatoms. The van der Waals surface area contributed by atoms with Crippen LogP contribution in [0.2, 0.25) is 0 Å². The van der Waals surface area contributed by atoms with Gasteiger partial charge in [0.05, 0.1) is 18.5 Å². The van der Waals surface area contributed by atoms with Crippen LogP contribution in [0.15, 0.2) is 36.5 Å². The number of esters is 1. The van der Waals surface area contributed by atoms with Gasteiger partial charge in [0.15, 0.2) is 0 Å². The van der Waals surface area contributed by atoms with Gasteiger partial charge < -0.3 is 15.8 Å². The van der Waals surface area contributed by atoms with Crippen molar-refractivity contribution in [3.05, 3.63) is 53.5 Å². The minimum atomic E-state index is -0.501. The summed E-state index contributed by atoms with van der Waals surface area (Å²) in [6.07, 6.45) is 1.44. The van der Waals surface area contributed by atoms with Gasteiger partial charge in [0.2, 0.25) is 0 Å². The lowest BCUT2D eigenvalue weighted by Gasteiger charge is -2.11. The summed E-state index contributed by atoms with van der Waals surface area (Å²) in [4.78, 5) is 16.0. The highest BCUT2D eigenvalue weighted by Crippen LogP contribution is 2.18. The maximum absolute atomic E-state index is 13.1. The number of halogens is 1. The summed E-state index contributed by atoms with van der Waals surface area (Å²) in [6.45, 7) is 2.32. The predicted octanol–water partition coefficient (Wildman–Crippen LogP) is 2.59. The number of carbonyl (C=O) groups excluding carboxylic acids is 1. The predicted molar refractivity (Wildman–Crippen MR) is 78.3 cm³/mol. The normalized spacial score (nSPS) is 10.2. The van der Waals surface area contributed by atoms with Crippen LogP contribution in [-0.2, 0) is 11.3 Å². The quantitative estimate of drug-likeness (QED) is 0.827. The van der Waals surface area contributed by atoms with Gasteiger partial charge in [0.25, 0.3) is 0 Å². The van der Waals surface area contributed by atoms with E-state index in [0.717, 1.165) is 5.56 Å². The Kier molecular flexibility index (Phi) is 4.71. The molecule has 0 radical (unpaired) electrons. The molecule has 3 N–H and O–H groups in total. The lowest BCUT2D eigenvalue weighted by molar-refractivity contribution is 0.0527. The molecule has 21 heavy (non-hydrogen) atoms. The number of rotatable bonds is 5. The summed E-state index contributed by atoms with van der Waals surface area (Å²) in [5.41, 5.74) is 7.01. The molecule has 0 aliphatic rings. The fourth-order valence-corrected chi connectivity index (χ4v) is 1.82. The summed E-state index contributed by atoms with van der Waals surface area (Å²) in [7, 11) is 0. The van der Waals surface area contributed by atoms with Gasteiger partial charge in [0, 0.05) is 6.54 Å². The molecule has 0 aliphatic carbocycles. The molecule has 0 fully saturated rings. The Bertz CT molecular complexity index is 647. The highest BCUT2D eigenvalue weighted by atomic mass is 19.1. The van der Waals surface area contributed by atoms with E-state index in [2.05, 4.69) is 10.3 Å². The molecule has 0 atom stereocenters. The van der Waals surface area contributed by atoms with Crippen LogP contribution in [-0.4, -0.2) is 17.6 Å². The first-order valence-electron chi connectivity index (χ1n) is 6.51. The van der Waals surface area contributed by atoms with E-state index in [4.69, 9.17) is 10.5 Å². The lowest BCUT2D eigenvalue weighted by Crippen LogP contribution is -2.12. The highest BCUT2D eigenvalue weighted by molar-refractivity contribution is 5.95. The molecule has 1 aromatic heterocycles. The Morgan fingerprint density at radius 2 is 2.24 bits per heavy atom. The van der Waals surface area contributed by atoms with Crippen LogP contribution in [0.3, 0.4) is 0 Å². The fraction of sp³-hybridized carbons (Fsp3) is 0.200. The zero-order valence-corrected chi connectivity index (χ0v) is 11.6. The number of nitrogens with one attached hydrogen (secondary N) is 1. The number of aromatic nitrogens is 1. The molecule has 5 nitrogen and oxygen atoms in total. The van der Waals surface area contributed by atoms with Gasteiger partial charge in [-0.1, -0.05) is 12.1 Å². The number of anilines is 2. The molecule has 1 aromatic carbocycles. The fourth-order valence-electron chi connectivity index (χ4n) is 1.82. The smallest absolute Gasteiger partial charge is 0.341 e. The van der Waals surface area contributed by atoms with Crippen LogP contribution in [0.4, 0.5) is 15.9 Å². The average Bonchev–Trinajstić information content (AvgIpc) is 2.46. The first-order chi connectivity index (χ1) is 10.1.